The summed E-state index contributed by atoms with van der Waals surface area (Å²) in [7, 11) is 3.25. The molecule has 0 aliphatic rings. The molecule has 0 atom stereocenters. The number of methoxy groups -OCH3 is 2. The first-order valence-electron chi connectivity index (χ1n) is 11.3. The highest BCUT2D eigenvalue weighted by Gasteiger charge is 2.11. The molecule has 1 aromatic carbocycles. The van der Waals surface area contributed by atoms with Gasteiger partial charge in [0.2, 0.25) is 0 Å². The summed E-state index contributed by atoms with van der Waals surface area (Å²) in [6.45, 7) is 2.26. The molecule has 0 aliphatic heterocycles. The summed E-state index contributed by atoms with van der Waals surface area (Å²) in [5.74, 6) is 1.59. The molecule has 0 saturated carbocycles. The molecule has 0 bridgehead atoms. The van der Waals surface area contributed by atoms with Crippen LogP contribution in [0.5, 0.6) is 17.2 Å². The molecule has 3 nitrogen and oxygen atoms in total. The van der Waals surface area contributed by atoms with E-state index in [2.05, 4.69) is 19.1 Å². The average molecular weight is 391 g/mol. The predicted molar refractivity (Wildman–Crippen MR) is 120 cm³/mol. The van der Waals surface area contributed by atoms with Crippen LogP contribution < -0.4 is 9.47 Å². The van der Waals surface area contributed by atoms with Crippen molar-refractivity contribution < 1.29 is 14.6 Å². The second-order valence-corrected chi connectivity index (χ2v) is 7.67. The van der Waals surface area contributed by atoms with Gasteiger partial charge in [0, 0.05) is 11.6 Å². The Labute approximate surface area is 173 Å². The first-order valence-corrected chi connectivity index (χ1v) is 11.3. The minimum Gasteiger partial charge on any atom is -0.508 e. The lowest BCUT2D eigenvalue weighted by atomic mass is 10.0. The molecule has 0 aromatic heterocycles. The van der Waals surface area contributed by atoms with Crippen molar-refractivity contribution in [1.82, 2.24) is 0 Å². The number of hydrogen-bond acceptors (Lipinski definition) is 3. The number of hydrogen-bond donors (Lipinski definition) is 1. The number of benzene rings is 1. The van der Waals surface area contributed by atoms with Gasteiger partial charge >= 0.3 is 0 Å². The van der Waals surface area contributed by atoms with Crippen LogP contribution in [0.15, 0.2) is 24.3 Å². The largest absolute Gasteiger partial charge is 0.508 e. The summed E-state index contributed by atoms with van der Waals surface area (Å²) in [5, 5.41) is 9.83. The first-order chi connectivity index (χ1) is 13.7. The molecular weight excluding hydrogens is 348 g/mol. The standard InChI is InChI=1S/C25H42O3/c1-4-5-6-7-8-9-10-11-12-13-14-15-16-17-18-19-22-20-23(26)21-24(27-2)25(22)28-3/h9-10,20-21,26H,4-8,11-19H2,1-3H3. The zero-order valence-electron chi connectivity index (χ0n) is 18.5. The van der Waals surface area contributed by atoms with Gasteiger partial charge in [0.1, 0.15) is 5.75 Å². The van der Waals surface area contributed by atoms with Gasteiger partial charge in [-0.2, -0.15) is 0 Å². The summed E-state index contributed by atoms with van der Waals surface area (Å²) >= 11 is 0. The van der Waals surface area contributed by atoms with Crippen molar-refractivity contribution in [2.75, 3.05) is 14.2 Å². The van der Waals surface area contributed by atoms with Gasteiger partial charge in [-0.25, -0.2) is 0 Å². The molecule has 0 amide bonds. The van der Waals surface area contributed by atoms with Crippen LogP contribution in [0.4, 0.5) is 0 Å². The minimum atomic E-state index is 0.239. The monoisotopic (exact) mass is 390 g/mol. The Morgan fingerprint density at radius 3 is 1.89 bits per heavy atom. The normalized spacial score (nSPS) is 11.2. The fourth-order valence-corrected chi connectivity index (χ4v) is 3.60. The van der Waals surface area contributed by atoms with Gasteiger partial charge in [-0.15, -0.1) is 0 Å². The quantitative estimate of drug-likeness (QED) is 0.220. The highest BCUT2D eigenvalue weighted by atomic mass is 16.5. The number of aryl methyl sites for hydroxylation is 1. The molecule has 160 valence electrons. The summed E-state index contributed by atoms with van der Waals surface area (Å²) < 4.78 is 10.8. The third-order valence-corrected chi connectivity index (χ3v) is 5.25. The topological polar surface area (TPSA) is 38.7 Å². The molecule has 0 saturated heterocycles. The van der Waals surface area contributed by atoms with Crippen LogP contribution in [-0.4, -0.2) is 19.3 Å². The van der Waals surface area contributed by atoms with Crippen molar-refractivity contribution in [3.8, 4) is 17.2 Å². The molecule has 0 unspecified atom stereocenters. The van der Waals surface area contributed by atoms with E-state index in [9.17, 15) is 5.11 Å². The van der Waals surface area contributed by atoms with E-state index >= 15 is 0 Å². The molecule has 0 heterocycles. The van der Waals surface area contributed by atoms with Gasteiger partial charge < -0.3 is 14.6 Å². The third kappa shape index (κ3) is 10.6. The summed E-state index contributed by atoms with van der Waals surface area (Å²) in [6, 6.07) is 3.39. The lowest BCUT2D eigenvalue weighted by Gasteiger charge is -2.13. The number of allylic oxidation sites excluding steroid dienone is 2. The predicted octanol–water partition coefficient (Wildman–Crippen LogP) is 7.60. The summed E-state index contributed by atoms with van der Waals surface area (Å²) in [6.07, 6.45) is 22.6. The van der Waals surface area contributed by atoms with Gasteiger partial charge in [0.05, 0.1) is 14.2 Å². The van der Waals surface area contributed by atoms with E-state index in [4.69, 9.17) is 9.47 Å². The van der Waals surface area contributed by atoms with Crippen molar-refractivity contribution in [3.63, 3.8) is 0 Å². The molecule has 0 radical (unpaired) electrons. The van der Waals surface area contributed by atoms with Crippen LogP contribution in [0.3, 0.4) is 0 Å². The minimum absolute atomic E-state index is 0.239. The van der Waals surface area contributed by atoms with Crippen LogP contribution in [-0.2, 0) is 6.42 Å². The molecular formula is C25H42O3. The molecule has 1 aromatic rings. The maximum Gasteiger partial charge on any atom is 0.164 e. The zero-order chi connectivity index (χ0) is 20.5. The number of phenols is 1. The zero-order valence-corrected chi connectivity index (χ0v) is 18.5. The molecule has 0 aliphatic carbocycles. The average Bonchev–Trinajstić information content (AvgIpc) is 2.70. The molecule has 1 rings (SSSR count). The molecule has 0 fully saturated rings. The van der Waals surface area contributed by atoms with Crippen molar-refractivity contribution in [3.05, 3.63) is 29.8 Å². The van der Waals surface area contributed by atoms with Gasteiger partial charge in [-0.1, -0.05) is 70.4 Å². The van der Waals surface area contributed by atoms with E-state index in [1.165, 1.54) is 77.0 Å². The van der Waals surface area contributed by atoms with Crippen LogP contribution in [0.25, 0.3) is 0 Å². The Morgan fingerprint density at radius 1 is 0.750 bits per heavy atom. The van der Waals surface area contributed by atoms with Gasteiger partial charge in [-0.05, 0) is 44.6 Å². The fourth-order valence-electron chi connectivity index (χ4n) is 3.60. The van der Waals surface area contributed by atoms with Crippen LogP contribution in [0.2, 0.25) is 0 Å². The van der Waals surface area contributed by atoms with Crippen LogP contribution in [0.1, 0.15) is 96.0 Å². The van der Waals surface area contributed by atoms with Gasteiger partial charge in [0.25, 0.3) is 0 Å². The Balaban J connectivity index is 2.04. The number of aromatic hydroxyl groups is 1. The maximum absolute atomic E-state index is 9.83. The van der Waals surface area contributed by atoms with Crippen molar-refractivity contribution in [2.45, 2.75) is 96.8 Å². The molecule has 1 N–H and O–H groups in total. The van der Waals surface area contributed by atoms with E-state index in [1.54, 1.807) is 26.4 Å². The van der Waals surface area contributed by atoms with E-state index in [0.717, 1.165) is 24.2 Å². The van der Waals surface area contributed by atoms with Crippen LogP contribution >= 0.6 is 0 Å². The van der Waals surface area contributed by atoms with E-state index in [0.29, 0.717) is 5.75 Å². The Hall–Kier alpha value is -1.64. The SMILES string of the molecule is CCCCCCC=CCCCCCCCCCc1cc(O)cc(OC)c1OC. The first kappa shape index (κ1) is 24.4. The molecule has 3 heteroatoms. The number of ether oxygens (including phenoxy) is 2. The second-order valence-electron chi connectivity index (χ2n) is 7.67. The number of unbranched alkanes of at least 4 members (excludes halogenated alkanes) is 11. The Bertz CT molecular complexity index is 537. The number of rotatable bonds is 17. The van der Waals surface area contributed by atoms with Crippen molar-refractivity contribution >= 4 is 0 Å². The maximum atomic E-state index is 9.83. The fraction of sp³-hybridized carbons (Fsp3) is 0.680. The van der Waals surface area contributed by atoms with Gasteiger partial charge in [-0.3, -0.25) is 0 Å². The van der Waals surface area contributed by atoms with Crippen molar-refractivity contribution in [2.24, 2.45) is 0 Å². The Kier molecular flexibility index (Phi) is 14.2. The highest BCUT2D eigenvalue weighted by molar-refractivity contribution is 5.51. The van der Waals surface area contributed by atoms with E-state index < -0.39 is 0 Å². The summed E-state index contributed by atoms with van der Waals surface area (Å²) in [5.41, 5.74) is 1.03. The van der Waals surface area contributed by atoms with Gasteiger partial charge in [0.15, 0.2) is 11.5 Å². The lowest BCUT2D eigenvalue weighted by molar-refractivity contribution is 0.347. The summed E-state index contributed by atoms with van der Waals surface area (Å²) in [4.78, 5) is 0. The Morgan fingerprint density at radius 2 is 1.32 bits per heavy atom. The smallest absolute Gasteiger partial charge is 0.164 e. The third-order valence-electron chi connectivity index (χ3n) is 5.25. The molecule has 28 heavy (non-hydrogen) atoms. The van der Waals surface area contributed by atoms with E-state index in [1.807, 2.05) is 0 Å². The lowest BCUT2D eigenvalue weighted by Crippen LogP contribution is -1.96. The van der Waals surface area contributed by atoms with Crippen LogP contribution in [0, 0.1) is 0 Å². The molecule has 0 spiro atoms. The van der Waals surface area contributed by atoms with E-state index in [-0.39, 0.29) is 5.75 Å². The number of phenolic OH excluding ortho intramolecular Hbond substituents is 1. The highest BCUT2D eigenvalue weighted by Crippen LogP contribution is 2.36. The second kappa shape index (κ2) is 16.3. The van der Waals surface area contributed by atoms with Crippen molar-refractivity contribution in [1.29, 1.82) is 0 Å².